The summed E-state index contributed by atoms with van der Waals surface area (Å²) >= 11 is 0. The highest BCUT2D eigenvalue weighted by atomic mass is 32.2. The number of sulfonamides is 1. The third-order valence-electron chi connectivity index (χ3n) is 4.87. The predicted molar refractivity (Wildman–Crippen MR) is 83.4 cm³/mol. The van der Waals surface area contributed by atoms with Crippen LogP contribution in [0.5, 0.6) is 0 Å². The lowest BCUT2D eigenvalue weighted by Gasteiger charge is -2.37. The fraction of sp³-hybridized carbons (Fsp3) is 0.933. The van der Waals surface area contributed by atoms with Crippen molar-refractivity contribution >= 4 is 15.9 Å². The molecule has 122 valence electrons. The fourth-order valence-corrected chi connectivity index (χ4v) is 4.78. The summed E-state index contributed by atoms with van der Waals surface area (Å²) in [4.78, 5) is 14.5. The molecule has 2 fully saturated rings. The molecular formula is C15H28N2O3S. The first kappa shape index (κ1) is 16.7. The van der Waals surface area contributed by atoms with Crippen molar-refractivity contribution in [1.29, 1.82) is 0 Å². The Morgan fingerprint density at radius 2 is 1.76 bits per heavy atom. The number of rotatable bonds is 5. The molecule has 5 nitrogen and oxygen atoms in total. The Morgan fingerprint density at radius 1 is 1.14 bits per heavy atom. The summed E-state index contributed by atoms with van der Waals surface area (Å²) in [5, 5.41) is 0. The molecule has 21 heavy (non-hydrogen) atoms. The van der Waals surface area contributed by atoms with Crippen LogP contribution in [0.2, 0.25) is 0 Å². The van der Waals surface area contributed by atoms with E-state index in [1.807, 2.05) is 4.90 Å². The number of likely N-dealkylation sites (tertiary alicyclic amines) is 1. The quantitative estimate of drug-likeness (QED) is 0.779. The van der Waals surface area contributed by atoms with Gasteiger partial charge in [0.05, 0.1) is 12.8 Å². The van der Waals surface area contributed by atoms with Crippen LogP contribution in [0.25, 0.3) is 0 Å². The third-order valence-corrected chi connectivity index (χ3v) is 6.15. The smallest absolute Gasteiger partial charge is 0.238 e. The second-order valence-corrected chi connectivity index (χ2v) is 8.33. The van der Waals surface area contributed by atoms with E-state index in [1.54, 1.807) is 0 Å². The highest BCUT2D eigenvalue weighted by Gasteiger charge is 2.34. The first-order valence-corrected chi connectivity index (χ1v) is 10.0. The van der Waals surface area contributed by atoms with Crippen molar-refractivity contribution in [3.05, 3.63) is 0 Å². The summed E-state index contributed by atoms with van der Waals surface area (Å²) in [6.45, 7) is 2.90. The summed E-state index contributed by atoms with van der Waals surface area (Å²) in [6.07, 6.45) is 9.32. The van der Waals surface area contributed by atoms with Crippen molar-refractivity contribution in [3.8, 4) is 0 Å². The van der Waals surface area contributed by atoms with Crippen LogP contribution >= 0.6 is 0 Å². The zero-order valence-corrected chi connectivity index (χ0v) is 14.1. The maximum atomic E-state index is 12.6. The minimum absolute atomic E-state index is 0.0149. The maximum Gasteiger partial charge on any atom is 0.238 e. The van der Waals surface area contributed by atoms with E-state index in [0.717, 1.165) is 51.5 Å². The van der Waals surface area contributed by atoms with Crippen molar-refractivity contribution in [3.63, 3.8) is 0 Å². The lowest BCUT2D eigenvalue weighted by Crippen LogP contribution is -2.50. The van der Waals surface area contributed by atoms with Gasteiger partial charge in [-0.1, -0.05) is 19.8 Å². The van der Waals surface area contributed by atoms with Gasteiger partial charge in [-0.15, -0.1) is 0 Å². The molecule has 1 saturated heterocycles. The van der Waals surface area contributed by atoms with Crippen molar-refractivity contribution < 1.29 is 13.2 Å². The summed E-state index contributed by atoms with van der Waals surface area (Å²) in [5.74, 6) is -0.0149. The summed E-state index contributed by atoms with van der Waals surface area (Å²) in [7, 11) is -3.32. The highest BCUT2D eigenvalue weighted by Crippen LogP contribution is 2.26. The van der Waals surface area contributed by atoms with E-state index in [4.69, 9.17) is 0 Å². The molecule has 0 aromatic rings. The van der Waals surface area contributed by atoms with E-state index in [9.17, 15) is 13.2 Å². The van der Waals surface area contributed by atoms with Crippen LogP contribution in [0, 0.1) is 0 Å². The van der Waals surface area contributed by atoms with Crippen LogP contribution < -0.4 is 0 Å². The van der Waals surface area contributed by atoms with Crippen molar-refractivity contribution in [1.82, 2.24) is 9.21 Å². The van der Waals surface area contributed by atoms with E-state index >= 15 is 0 Å². The molecule has 1 aliphatic carbocycles. The van der Waals surface area contributed by atoms with Crippen molar-refractivity contribution in [2.75, 3.05) is 19.3 Å². The first-order chi connectivity index (χ1) is 9.93. The van der Waals surface area contributed by atoms with Crippen LogP contribution in [0.4, 0.5) is 0 Å². The number of piperidine rings is 1. The average Bonchev–Trinajstić information content (AvgIpc) is 2.96. The second-order valence-electron chi connectivity index (χ2n) is 6.39. The molecule has 1 unspecified atom stereocenters. The van der Waals surface area contributed by atoms with Gasteiger partial charge in [0, 0.05) is 18.6 Å². The van der Waals surface area contributed by atoms with Gasteiger partial charge < -0.3 is 4.90 Å². The lowest BCUT2D eigenvalue weighted by atomic mass is 10.00. The number of amides is 1. The summed E-state index contributed by atoms with van der Waals surface area (Å²) in [5.41, 5.74) is 0. The Bertz CT molecular complexity index is 458. The van der Waals surface area contributed by atoms with Crippen LogP contribution in [-0.4, -0.2) is 55.0 Å². The molecule has 0 bridgehead atoms. The molecule has 2 rings (SSSR count). The van der Waals surface area contributed by atoms with E-state index in [0.29, 0.717) is 0 Å². The Morgan fingerprint density at radius 3 is 2.33 bits per heavy atom. The molecule has 1 aliphatic heterocycles. The number of carbonyl (C=O) groups is 1. The average molecular weight is 316 g/mol. The maximum absolute atomic E-state index is 12.6. The normalized spacial score (nSPS) is 24.7. The van der Waals surface area contributed by atoms with E-state index < -0.39 is 10.0 Å². The highest BCUT2D eigenvalue weighted by molar-refractivity contribution is 7.88. The van der Waals surface area contributed by atoms with Gasteiger partial charge in [-0.3, -0.25) is 4.79 Å². The third kappa shape index (κ3) is 4.19. The van der Waals surface area contributed by atoms with Crippen molar-refractivity contribution in [2.45, 2.75) is 70.4 Å². The molecular weight excluding hydrogens is 288 g/mol. The molecule has 1 amide bonds. The van der Waals surface area contributed by atoms with E-state index in [2.05, 4.69) is 6.92 Å². The molecule has 1 heterocycles. The molecule has 2 aliphatic rings. The Labute approximate surface area is 128 Å². The van der Waals surface area contributed by atoms with Gasteiger partial charge in [-0.25, -0.2) is 8.42 Å². The number of hydrogen-bond donors (Lipinski definition) is 0. The van der Waals surface area contributed by atoms with Crippen LogP contribution in [0.15, 0.2) is 0 Å². The lowest BCUT2D eigenvalue weighted by molar-refractivity contribution is -0.135. The monoisotopic (exact) mass is 316 g/mol. The van der Waals surface area contributed by atoms with Gasteiger partial charge >= 0.3 is 0 Å². The van der Waals surface area contributed by atoms with E-state index in [1.165, 1.54) is 17.0 Å². The predicted octanol–water partition coefficient (Wildman–Crippen LogP) is 1.98. The zero-order valence-electron chi connectivity index (χ0n) is 13.3. The molecule has 0 aromatic carbocycles. The molecule has 6 heteroatoms. The topological polar surface area (TPSA) is 57.7 Å². The van der Waals surface area contributed by atoms with Crippen LogP contribution in [0.1, 0.15) is 58.3 Å². The summed E-state index contributed by atoms with van der Waals surface area (Å²) in [6, 6.07) is 0.310. The molecule has 0 aromatic heterocycles. The number of nitrogens with zero attached hydrogens (tertiary/aromatic N) is 2. The molecule has 0 spiro atoms. The molecule has 1 atom stereocenters. The fourth-order valence-electron chi connectivity index (χ4n) is 3.69. The van der Waals surface area contributed by atoms with Crippen LogP contribution in [-0.2, 0) is 14.8 Å². The SMILES string of the molecule is CCC1CCCCN1C(=O)CN(C1CCCC1)S(C)(=O)=O. The molecule has 0 N–H and O–H groups in total. The van der Waals surface area contributed by atoms with Gasteiger partial charge in [-0.2, -0.15) is 4.31 Å². The standard InChI is InChI=1S/C15H28N2O3S/c1-3-13-8-6-7-11-16(13)15(18)12-17(21(2,19)20)14-9-4-5-10-14/h13-14H,3-12H2,1-2H3. The van der Waals surface area contributed by atoms with Gasteiger partial charge in [0.15, 0.2) is 0 Å². The minimum Gasteiger partial charge on any atom is -0.339 e. The molecule has 1 saturated carbocycles. The minimum atomic E-state index is -3.32. The Balaban J connectivity index is 2.06. The largest absolute Gasteiger partial charge is 0.339 e. The van der Waals surface area contributed by atoms with E-state index in [-0.39, 0.29) is 24.5 Å². The Hall–Kier alpha value is -0.620. The first-order valence-electron chi connectivity index (χ1n) is 8.19. The van der Waals surface area contributed by atoms with Gasteiger partial charge in [0.2, 0.25) is 15.9 Å². The zero-order chi connectivity index (χ0) is 15.5. The van der Waals surface area contributed by atoms with Crippen LogP contribution in [0.3, 0.4) is 0 Å². The number of hydrogen-bond acceptors (Lipinski definition) is 3. The van der Waals surface area contributed by atoms with Crippen molar-refractivity contribution in [2.24, 2.45) is 0 Å². The second kappa shape index (κ2) is 7.09. The van der Waals surface area contributed by atoms with Gasteiger partial charge in [-0.05, 0) is 38.5 Å². The Kier molecular flexibility index (Phi) is 5.66. The molecule has 0 radical (unpaired) electrons. The number of carbonyl (C=O) groups excluding carboxylic acids is 1. The summed E-state index contributed by atoms with van der Waals surface area (Å²) < 4.78 is 25.5. The van der Waals surface area contributed by atoms with Gasteiger partial charge in [0.25, 0.3) is 0 Å². The van der Waals surface area contributed by atoms with Gasteiger partial charge in [0.1, 0.15) is 0 Å².